The molecule has 13 nitrogen and oxygen atoms in total. The van der Waals surface area contributed by atoms with Crippen molar-refractivity contribution in [2.45, 2.75) is 40.2 Å². The van der Waals surface area contributed by atoms with Gasteiger partial charge in [-0.15, -0.1) is 0 Å². The van der Waals surface area contributed by atoms with Crippen LogP contribution in [0.1, 0.15) is 34.6 Å². The molecule has 42 heavy (non-hydrogen) atoms. The number of hydrogen-bond donors (Lipinski definition) is 0. The number of nitrogens with zero attached hydrogens (tertiary/aromatic N) is 13. The Labute approximate surface area is 262 Å². The van der Waals surface area contributed by atoms with Crippen molar-refractivity contribution in [1.29, 1.82) is 0 Å². The first-order valence-corrected chi connectivity index (χ1v) is 20.6. The van der Waals surface area contributed by atoms with Crippen LogP contribution in [0.25, 0.3) is 0 Å². The molecule has 254 valence electrons. The van der Waals surface area contributed by atoms with Crippen LogP contribution in [0.15, 0.2) is 18.3 Å². The van der Waals surface area contributed by atoms with E-state index in [4.69, 9.17) is 18.3 Å². The molecule has 0 N–H and O–H groups in total. The summed E-state index contributed by atoms with van der Waals surface area (Å²) in [6, 6.07) is 0. The van der Waals surface area contributed by atoms with Gasteiger partial charge in [-0.25, -0.2) is 4.74 Å². The molecule has 0 aliphatic heterocycles. The van der Waals surface area contributed by atoms with Crippen LogP contribution in [0, 0.1) is 5.41 Å². The second-order valence-electron chi connectivity index (χ2n) is 13.9. The monoisotopic (exact) mass is 675 g/mol. The fraction of sp³-hybridized carbons (Fsp3) is 1.00. The summed E-state index contributed by atoms with van der Waals surface area (Å²) in [6.45, 7) is 11.2. The minimum atomic E-state index is -3.29. The van der Waals surface area contributed by atoms with Gasteiger partial charge in [0.15, 0.2) is 22.5 Å². The topological polar surface area (TPSA) is 78.6 Å². The summed E-state index contributed by atoms with van der Waals surface area (Å²) in [5.41, 5.74) is -0.668. The van der Waals surface area contributed by atoms with Crippen molar-refractivity contribution in [2.75, 3.05) is 127 Å². The van der Waals surface area contributed by atoms with E-state index in [1.807, 2.05) is 0 Å². The van der Waals surface area contributed by atoms with Crippen LogP contribution in [0.4, 0.5) is 0 Å². The molecule has 0 radical (unpaired) electrons. The van der Waals surface area contributed by atoms with E-state index < -0.39 is 35.6 Å². The van der Waals surface area contributed by atoms with Crippen molar-refractivity contribution in [3.63, 3.8) is 0 Å². The quantitative estimate of drug-likeness (QED) is 0.200. The highest BCUT2D eigenvalue weighted by Crippen LogP contribution is 2.78. The van der Waals surface area contributed by atoms with E-state index >= 15 is 0 Å². The smallest absolute Gasteiger partial charge is 0.252 e. The van der Waals surface area contributed by atoms with E-state index in [1.165, 1.54) is 0 Å². The summed E-state index contributed by atoms with van der Waals surface area (Å²) in [5, 5.41) is 0. The summed E-state index contributed by atoms with van der Waals surface area (Å²) in [6.07, 6.45) is 0. The number of rotatable bonds is 13. The van der Waals surface area contributed by atoms with Gasteiger partial charge in [0, 0.05) is 0 Å². The Morgan fingerprint density at radius 1 is 0.333 bits per heavy atom. The molecule has 17 heteroatoms. The molecule has 0 unspecified atom stereocenters. The number of hydrogen-bond acceptors (Lipinski definition) is 1. The summed E-state index contributed by atoms with van der Waals surface area (Å²) in [7, 11) is 27.2. The van der Waals surface area contributed by atoms with Crippen molar-refractivity contribution in [3.05, 3.63) is 0 Å². The summed E-state index contributed by atoms with van der Waals surface area (Å²) in [5.74, 6) is 0. The Balaban J connectivity index is 9.84. The summed E-state index contributed by atoms with van der Waals surface area (Å²) >= 11 is 0. The standard InChI is InChI=1S/C25H69N13P4/c1-24(2,3)25(4,5)26-39(27-40(30(6)7,31(8)9)32(10)11,28-41(33(12)13,34(14)15)35(16)17)29-42(36(18)19,37(20)21)38(22)23/h1-23H3. The zero-order valence-corrected chi connectivity index (χ0v) is 35.2. The van der Waals surface area contributed by atoms with Gasteiger partial charge in [0.25, 0.3) is 0 Å². The van der Waals surface area contributed by atoms with Gasteiger partial charge >= 0.3 is 7.51 Å². The summed E-state index contributed by atoms with van der Waals surface area (Å²) in [4.78, 5) is 0. The predicted molar refractivity (Wildman–Crippen MR) is 194 cm³/mol. The third-order valence-electron chi connectivity index (χ3n) is 7.77. The maximum Gasteiger partial charge on any atom is 0.307 e. The fourth-order valence-corrected chi connectivity index (χ4v) is 23.9. The average molecular weight is 676 g/mol. The van der Waals surface area contributed by atoms with E-state index in [0.717, 1.165) is 0 Å². The lowest BCUT2D eigenvalue weighted by Gasteiger charge is -2.47. The zero-order valence-electron chi connectivity index (χ0n) is 31.6. The largest absolute Gasteiger partial charge is 0.307 e. The maximum atomic E-state index is 6.00. The average Bonchev–Trinajstić information content (AvgIpc) is 2.76. The van der Waals surface area contributed by atoms with Gasteiger partial charge < -0.3 is 0 Å². The molecule has 0 rings (SSSR count). The second-order valence-corrected chi connectivity index (χ2v) is 27.8. The van der Waals surface area contributed by atoms with E-state index in [9.17, 15) is 0 Å². The van der Waals surface area contributed by atoms with Crippen LogP contribution in [-0.2, 0) is 0 Å². The highest BCUT2D eigenvalue weighted by atomic mass is 31.3. The Kier molecular flexibility index (Phi) is 15.2. The second kappa shape index (κ2) is 15.0. The fourth-order valence-electron chi connectivity index (χ4n) is 5.02. The van der Waals surface area contributed by atoms with E-state index in [0.29, 0.717) is 0 Å². The van der Waals surface area contributed by atoms with Crippen LogP contribution in [0.2, 0.25) is 0 Å². The molecule has 0 saturated carbocycles. The van der Waals surface area contributed by atoms with Crippen molar-refractivity contribution >= 4 is 30.0 Å². The zero-order chi connectivity index (χ0) is 34.0. The molecule has 0 saturated heterocycles. The third kappa shape index (κ3) is 8.28. The minimum absolute atomic E-state index is 0.167. The van der Waals surface area contributed by atoms with Crippen LogP contribution in [0.5, 0.6) is 0 Å². The SMILES string of the molecule is CN(C)P(=NP(=NC(C)(C)C(C)(C)C)(N=P(N(C)C)(N(C)C)N(C)C)N=P(N(C)C)(N(C)C)N(C)C)(N(C)C)N(C)C. The van der Waals surface area contributed by atoms with E-state index in [1.54, 1.807) is 0 Å². The van der Waals surface area contributed by atoms with Crippen molar-refractivity contribution in [2.24, 2.45) is 23.7 Å². The van der Waals surface area contributed by atoms with E-state index in [2.05, 4.69) is 204 Å². The molecule has 0 aromatic carbocycles. The molecule has 0 amide bonds. The van der Waals surface area contributed by atoms with Crippen molar-refractivity contribution < 1.29 is 0 Å². The molecular formula is C25H69N13P4. The molecule has 0 aromatic rings. The Hall–Kier alpha value is 0.560. The van der Waals surface area contributed by atoms with Crippen LogP contribution < -0.4 is 0 Å². The molecule has 0 fully saturated rings. The van der Waals surface area contributed by atoms with E-state index in [-0.39, 0.29) is 5.41 Å². The lowest BCUT2D eigenvalue weighted by molar-refractivity contribution is 0.235. The van der Waals surface area contributed by atoms with Gasteiger partial charge in [0.2, 0.25) is 0 Å². The maximum absolute atomic E-state index is 6.00. The van der Waals surface area contributed by atoms with Crippen LogP contribution in [-0.4, -0.2) is 174 Å². The highest BCUT2D eigenvalue weighted by molar-refractivity contribution is 7.80. The molecule has 0 spiro atoms. The molecule has 0 aliphatic rings. The van der Waals surface area contributed by atoms with Crippen molar-refractivity contribution in [3.8, 4) is 0 Å². The van der Waals surface area contributed by atoms with Gasteiger partial charge in [-0.05, 0) is 146 Å². The normalized spacial score (nSPS) is 15.0. The summed E-state index contributed by atoms with van der Waals surface area (Å²) < 4.78 is 44.1. The van der Waals surface area contributed by atoms with Gasteiger partial charge in [0.05, 0.1) is 5.54 Å². The van der Waals surface area contributed by atoms with Crippen LogP contribution in [0.3, 0.4) is 0 Å². The van der Waals surface area contributed by atoms with Gasteiger partial charge in [0.1, 0.15) is 0 Å². The lowest BCUT2D eigenvalue weighted by atomic mass is 9.77. The molecule has 0 aromatic heterocycles. The lowest BCUT2D eigenvalue weighted by Crippen LogP contribution is -2.35. The van der Waals surface area contributed by atoms with Gasteiger partial charge in [-0.1, -0.05) is 20.8 Å². The van der Waals surface area contributed by atoms with Gasteiger partial charge in [-0.2, -0.15) is 13.5 Å². The first kappa shape index (κ1) is 42.6. The molecule has 0 aliphatic carbocycles. The Morgan fingerprint density at radius 2 is 0.500 bits per heavy atom. The molecular weight excluding hydrogens is 606 g/mol. The minimum Gasteiger partial charge on any atom is -0.252 e. The first-order chi connectivity index (χ1) is 18.6. The molecule has 0 bridgehead atoms. The third-order valence-corrected chi connectivity index (χ3v) is 24.0. The molecule has 0 heterocycles. The predicted octanol–water partition coefficient (Wildman–Crippen LogP) is 6.65. The Morgan fingerprint density at radius 3 is 0.619 bits per heavy atom. The molecule has 0 atom stereocenters. The van der Waals surface area contributed by atoms with Gasteiger partial charge in [-0.3, -0.25) is 42.0 Å². The highest BCUT2D eigenvalue weighted by Gasteiger charge is 2.44. The Bertz CT molecular complexity index is 912. The van der Waals surface area contributed by atoms with Crippen LogP contribution >= 0.6 is 30.0 Å². The van der Waals surface area contributed by atoms with Crippen molar-refractivity contribution in [1.82, 2.24) is 42.0 Å². The first-order valence-electron chi connectivity index (χ1n) is 14.2.